The standard InChI is InChI=1S/C18H21F3N2O2S/c1-22(2)26(24,25)17-6-4-5-15(11-17)13-23(3)12-14-7-9-16(10-8-14)18(19,20)21/h4-11H,12-13H2,1-3H3. The van der Waals surface area contributed by atoms with Crippen LogP contribution < -0.4 is 0 Å². The van der Waals surface area contributed by atoms with E-state index in [9.17, 15) is 21.6 Å². The summed E-state index contributed by atoms with van der Waals surface area (Å²) < 4.78 is 63.3. The van der Waals surface area contributed by atoms with Gasteiger partial charge in [-0.2, -0.15) is 13.2 Å². The van der Waals surface area contributed by atoms with Gasteiger partial charge >= 0.3 is 6.18 Å². The van der Waals surface area contributed by atoms with Gasteiger partial charge in [0.1, 0.15) is 0 Å². The van der Waals surface area contributed by atoms with Gasteiger partial charge in [-0.15, -0.1) is 0 Å². The average molecular weight is 386 g/mol. The van der Waals surface area contributed by atoms with Crippen molar-refractivity contribution in [3.8, 4) is 0 Å². The van der Waals surface area contributed by atoms with Crippen LogP contribution in [0.2, 0.25) is 0 Å². The highest BCUT2D eigenvalue weighted by atomic mass is 32.2. The number of hydrogen-bond donors (Lipinski definition) is 0. The zero-order valence-electron chi connectivity index (χ0n) is 14.8. The molecule has 0 aliphatic heterocycles. The van der Waals surface area contributed by atoms with Crippen molar-refractivity contribution in [2.24, 2.45) is 0 Å². The van der Waals surface area contributed by atoms with Crippen LogP contribution >= 0.6 is 0 Å². The summed E-state index contributed by atoms with van der Waals surface area (Å²) in [6, 6.07) is 11.7. The van der Waals surface area contributed by atoms with Crippen LogP contribution in [0.15, 0.2) is 53.4 Å². The first kappa shape index (κ1) is 20.4. The molecule has 0 heterocycles. The number of alkyl halides is 3. The van der Waals surface area contributed by atoms with Gasteiger partial charge in [-0.25, -0.2) is 12.7 Å². The Morgan fingerprint density at radius 1 is 0.885 bits per heavy atom. The molecule has 0 fully saturated rings. The maximum atomic E-state index is 12.6. The van der Waals surface area contributed by atoms with Crippen LogP contribution in [-0.4, -0.2) is 38.8 Å². The van der Waals surface area contributed by atoms with Crippen LogP contribution in [0.3, 0.4) is 0 Å². The van der Waals surface area contributed by atoms with E-state index < -0.39 is 21.8 Å². The third-order valence-corrected chi connectivity index (χ3v) is 5.67. The SMILES string of the molecule is CN(Cc1ccc(C(F)(F)F)cc1)Cc1cccc(S(=O)(=O)N(C)C)c1. The number of halogens is 3. The zero-order valence-corrected chi connectivity index (χ0v) is 15.6. The predicted molar refractivity (Wildman–Crippen MR) is 93.9 cm³/mol. The molecule has 0 aliphatic carbocycles. The molecule has 0 amide bonds. The topological polar surface area (TPSA) is 40.6 Å². The molecule has 0 saturated heterocycles. The highest BCUT2D eigenvalue weighted by Gasteiger charge is 2.29. The van der Waals surface area contributed by atoms with Crippen LogP contribution in [-0.2, 0) is 29.3 Å². The fourth-order valence-corrected chi connectivity index (χ4v) is 3.47. The van der Waals surface area contributed by atoms with E-state index in [1.807, 2.05) is 18.0 Å². The van der Waals surface area contributed by atoms with E-state index in [-0.39, 0.29) is 4.90 Å². The Balaban J connectivity index is 2.07. The van der Waals surface area contributed by atoms with Gasteiger partial charge in [0.25, 0.3) is 0 Å². The van der Waals surface area contributed by atoms with E-state index in [1.165, 1.54) is 32.3 Å². The van der Waals surface area contributed by atoms with Gasteiger partial charge in [0.15, 0.2) is 0 Å². The highest BCUT2D eigenvalue weighted by Crippen LogP contribution is 2.29. The van der Waals surface area contributed by atoms with Gasteiger partial charge in [-0.3, -0.25) is 4.90 Å². The third kappa shape index (κ3) is 5.06. The lowest BCUT2D eigenvalue weighted by Crippen LogP contribution is -2.22. The Morgan fingerprint density at radius 3 is 2.00 bits per heavy atom. The van der Waals surface area contributed by atoms with Gasteiger partial charge in [0.05, 0.1) is 10.5 Å². The van der Waals surface area contributed by atoms with E-state index in [0.717, 1.165) is 27.6 Å². The first-order valence-electron chi connectivity index (χ1n) is 7.86. The fourth-order valence-electron chi connectivity index (χ4n) is 2.49. The molecule has 0 bridgehead atoms. The van der Waals surface area contributed by atoms with Gasteiger partial charge in [0.2, 0.25) is 10.0 Å². The summed E-state index contributed by atoms with van der Waals surface area (Å²) in [6.07, 6.45) is -4.34. The molecule has 0 spiro atoms. The van der Waals surface area contributed by atoms with Gasteiger partial charge in [0, 0.05) is 27.2 Å². The fraction of sp³-hybridized carbons (Fsp3) is 0.333. The minimum absolute atomic E-state index is 0.211. The predicted octanol–water partition coefficient (Wildman–Crippen LogP) is 3.59. The summed E-state index contributed by atoms with van der Waals surface area (Å²) >= 11 is 0. The number of benzene rings is 2. The number of rotatable bonds is 6. The Morgan fingerprint density at radius 2 is 1.46 bits per heavy atom. The summed E-state index contributed by atoms with van der Waals surface area (Å²) in [5.74, 6) is 0. The molecule has 0 unspecified atom stereocenters. The van der Waals surface area contributed by atoms with E-state index >= 15 is 0 Å². The molecule has 2 aromatic rings. The van der Waals surface area contributed by atoms with Crippen molar-refractivity contribution in [1.29, 1.82) is 0 Å². The molecule has 0 aromatic heterocycles. The molecule has 2 rings (SSSR count). The molecule has 142 valence electrons. The van der Waals surface area contributed by atoms with E-state index in [4.69, 9.17) is 0 Å². The molecule has 2 aromatic carbocycles. The Kier molecular flexibility index (Phi) is 6.10. The summed E-state index contributed by atoms with van der Waals surface area (Å²) in [6.45, 7) is 0.917. The smallest absolute Gasteiger partial charge is 0.298 e. The molecule has 0 radical (unpaired) electrons. The lowest BCUT2D eigenvalue weighted by atomic mass is 10.1. The van der Waals surface area contributed by atoms with Crippen molar-refractivity contribution in [1.82, 2.24) is 9.21 Å². The molecule has 4 nitrogen and oxygen atoms in total. The number of nitrogens with zero attached hydrogens (tertiary/aromatic N) is 2. The molecular formula is C18H21F3N2O2S. The van der Waals surface area contributed by atoms with Crippen molar-refractivity contribution in [2.45, 2.75) is 24.2 Å². The van der Waals surface area contributed by atoms with Crippen LogP contribution in [0.25, 0.3) is 0 Å². The largest absolute Gasteiger partial charge is 0.416 e. The van der Waals surface area contributed by atoms with Crippen LogP contribution in [0.1, 0.15) is 16.7 Å². The van der Waals surface area contributed by atoms with Crippen molar-refractivity contribution < 1.29 is 21.6 Å². The normalized spacial score (nSPS) is 12.8. The Hall–Kier alpha value is -1.90. The van der Waals surface area contributed by atoms with Crippen molar-refractivity contribution in [3.05, 3.63) is 65.2 Å². The summed E-state index contributed by atoms with van der Waals surface area (Å²) in [7, 11) is 1.26. The maximum absolute atomic E-state index is 12.6. The molecule has 0 aliphatic rings. The third-order valence-electron chi connectivity index (χ3n) is 3.86. The van der Waals surface area contributed by atoms with Gasteiger partial charge in [-0.1, -0.05) is 24.3 Å². The highest BCUT2D eigenvalue weighted by molar-refractivity contribution is 7.89. The molecular weight excluding hydrogens is 365 g/mol. The van der Waals surface area contributed by atoms with Crippen LogP contribution in [0.4, 0.5) is 13.2 Å². The van der Waals surface area contributed by atoms with Crippen LogP contribution in [0.5, 0.6) is 0 Å². The first-order valence-corrected chi connectivity index (χ1v) is 9.30. The molecule has 0 saturated carbocycles. The van der Waals surface area contributed by atoms with Crippen molar-refractivity contribution in [2.75, 3.05) is 21.1 Å². The van der Waals surface area contributed by atoms with Gasteiger partial charge in [-0.05, 0) is 42.4 Å². The van der Waals surface area contributed by atoms with Crippen LogP contribution in [0, 0.1) is 0 Å². The molecule has 0 atom stereocenters. The van der Waals surface area contributed by atoms with Crippen molar-refractivity contribution >= 4 is 10.0 Å². The van der Waals surface area contributed by atoms with E-state index in [1.54, 1.807) is 12.1 Å². The first-order chi connectivity index (χ1) is 12.0. The van der Waals surface area contributed by atoms with E-state index in [0.29, 0.717) is 13.1 Å². The van der Waals surface area contributed by atoms with Gasteiger partial charge < -0.3 is 0 Å². The maximum Gasteiger partial charge on any atom is 0.416 e. The summed E-state index contributed by atoms with van der Waals surface area (Å²) in [5.41, 5.74) is 0.880. The number of sulfonamides is 1. The molecule has 0 N–H and O–H groups in total. The monoisotopic (exact) mass is 386 g/mol. The minimum atomic E-state index is -4.34. The average Bonchev–Trinajstić information content (AvgIpc) is 2.54. The van der Waals surface area contributed by atoms with Crippen molar-refractivity contribution in [3.63, 3.8) is 0 Å². The lowest BCUT2D eigenvalue weighted by Gasteiger charge is -2.18. The molecule has 26 heavy (non-hydrogen) atoms. The summed E-state index contributed by atoms with van der Waals surface area (Å²) in [4.78, 5) is 2.12. The second kappa shape index (κ2) is 7.77. The second-order valence-electron chi connectivity index (χ2n) is 6.30. The lowest BCUT2D eigenvalue weighted by molar-refractivity contribution is -0.137. The summed E-state index contributed by atoms with van der Waals surface area (Å²) in [5, 5.41) is 0. The van der Waals surface area contributed by atoms with E-state index in [2.05, 4.69) is 0 Å². The Bertz CT molecular complexity index is 847. The number of hydrogen-bond acceptors (Lipinski definition) is 3. The Labute approximate surface area is 151 Å². The zero-order chi connectivity index (χ0) is 19.5. The second-order valence-corrected chi connectivity index (χ2v) is 8.45. The molecule has 8 heteroatoms. The minimum Gasteiger partial charge on any atom is -0.298 e. The quantitative estimate of drug-likeness (QED) is 0.762.